The number of anilines is 2. The number of nitrogens with one attached hydrogen (secondary N) is 2. The molecule has 0 unspecified atom stereocenters. The molecule has 0 fully saturated rings. The number of carbonyl (C=O) groups excluding carboxylic acids is 1. The molecule has 0 aliphatic carbocycles. The maximum atomic E-state index is 12.0. The van der Waals surface area contributed by atoms with Gasteiger partial charge in [0.2, 0.25) is 5.91 Å². The highest BCUT2D eigenvalue weighted by Crippen LogP contribution is 2.23. The van der Waals surface area contributed by atoms with Crippen LogP contribution in [0.5, 0.6) is 0 Å². The van der Waals surface area contributed by atoms with E-state index in [0.29, 0.717) is 11.6 Å². The molecule has 0 radical (unpaired) electrons. The van der Waals surface area contributed by atoms with Gasteiger partial charge in [-0.2, -0.15) is 0 Å². The van der Waals surface area contributed by atoms with Crippen LogP contribution in [-0.2, 0) is 17.6 Å². The van der Waals surface area contributed by atoms with Crippen LogP contribution in [0.15, 0.2) is 60.0 Å². The van der Waals surface area contributed by atoms with Crippen molar-refractivity contribution in [1.82, 2.24) is 10.3 Å². The quantitative estimate of drug-likeness (QED) is 0.645. The van der Waals surface area contributed by atoms with Gasteiger partial charge in [-0.3, -0.25) is 4.79 Å². The van der Waals surface area contributed by atoms with Crippen LogP contribution in [-0.4, -0.2) is 17.4 Å². The molecule has 1 amide bonds. The predicted molar refractivity (Wildman–Crippen MR) is 104 cm³/mol. The van der Waals surface area contributed by atoms with Crippen molar-refractivity contribution in [3.63, 3.8) is 0 Å². The normalized spacial score (nSPS) is 10.4. The van der Waals surface area contributed by atoms with E-state index in [2.05, 4.69) is 27.8 Å². The second kappa shape index (κ2) is 8.65. The Morgan fingerprint density at radius 2 is 1.96 bits per heavy atom. The summed E-state index contributed by atoms with van der Waals surface area (Å²) in [5.74, 6) is -0.0180. The minimum Gasteiger partial charge on any atom is -0.355 e. The van der Waals surface area contributed by atoms with E-state index in [1.54, 1.807) is 0 Å². The van der Waals surface area contributed by atoms with E-state index < -0.39 is 0 Å². The van der Waals surface area contributed by atoms with Gasteiger partial charge in [-0.1, -0.05) is 48.0 Å². The van der Waals surface area contributed by atoms with Crippen LogP contribution in [0.2, 0.25) is 5.02 Å². The van der Waals surface area contributed by atoms with Gasteiger partial charge in [0.25, 0.3) is 0 Å². The minimum absolute atomic E-state index is 0.0180. The first-order valence-electron chi connectivity index (χ1n) is 7.97. The zero-order valence-corrected chi connectivity index (χ0v) is 15.1. The summed E-state index contributed by atoms with van der Waals surface area (Å²) in [6.07, 6.45) is 1.10. The molecule has 0 aliphatic rings. The van der Waals surface area contributed by atoms with Gasteiger partial charge in [0, 0.05) is 22.6 Å². The summed E-state index contributed by atoms with van der Waals surface area (Å²) in [5.41, 5.74) is 2.84. The van der Waals surface area contributed by atoms with Crippen LogP contribution in [0.1, 0.15) is 11.3 Å². The zero-order chi connectivity index (χ0) is 17.5. The monoisotopic (exact) mass is 371 g/mol. The van der Waals surface area contributed by atoms with E-state index >= 15 is 0 Å². The number of benzene rings is 2. The molecule has 0 bridgehead atoms. The third kappa shape index (κ3) is 5.59. The van der Waals surface area contributed by atoms with Crippen molar-refractivity contribution in [2.75, 3.05) is 11.9 Å². The van der Waals surface area contributed by atoms with Crippen molar-refractivity contribution in [2.45, 2.75) is 12.8 Å². The fraction of sp³-hybridized carbons (Fsp3) is 0.158. The highest BCUT2D eigenvalue weighted by Gasteiger charge is 2.08. The molecule has 2 aromatic carbocycles. The fourth-order valence-electron chi connectivity index (χ4n) is 2.35. The third-order valence-corrected chi connectivity index (χ3v) is 4.59. The Balaban J connectivity index is 1.46. The number of hydrogen-bond acceptors (Lipinski definition) is 4. The summed E-state index contributed by atoms with van der Waals surface area (Å²) in [6.45, 7) is 0.626. The molecule has 1 aromatic heterocycles. The summed E-state index contributed by atoms with van der Waals surface area (Å²) < 4.78 is 0. The molecular formula is C19H18ClN3OS. The highest BCUT2D eigenvalue weighted by molar-refractivity contribution is 7.13. The molecule has 2 N–H and O–H groups in total. The van der Waals surface area contributed by atoms with Gasteiger partial charge in [-0.15, -0.1) is 11.3 Å². The zero-order valence-electron chi connectivity index (χ0n) is 13.5. The molecule has 128 valence electrons. The number of thiazole rings is 1. The molecule has 6 heteroatoms. The molecule has 0 saturated carbocycles. The maximum Gasteiger partial charge on any atom is 0.226 e. The smallest absolute Gasteiger partial charge is 0.226 e. The molecule has 4 nitrogen and oxygen atoms in total. The number of rotatable bonds is 7. The summed E-state index contributed by atoms with van der Waals surface area (Å²) in [6, 6.07) is 17.5. The van der Waals surface area contributed by atoms with Crippen molar-refractivity contribution in [3.8, 4) is 0 Å². The van der Waals surface area contributed by atoms with E-state index in [-0.39, 0.29) is 12.3 Å². The predicted octanol–water partition coefficient (Wildman–Crippen LogP) is 4.44. The summed E-state index contributed by atoms with van der Waals surface area (Å²) >= 11 is 7.44. The number of nitrogens with zero attached hydrogens (tertiary/aromatic N) is 1. The number of aromatic nitrogens is 1. The average molecular weight is 372 g/mol. The van der Waals surface area contributed by atoms with Crippen LogP contribution in [0, 0.1) is 0 Å². The molecule has 0 atom stereocenters. The van der Waals surface area contributed by atoms with Crippen molar-refractivity contribution >= 4 is 39.7 Å². The van der Waals surface area contributed by atoms with Gasteiger partial charge in [-0.05, 0) is 30.2 Å². The van der Waals surface area contributed by atoms with Gasteiger partial charge in [0.05, 0.1) is 12.1 Å². The Bertz CT molecular complexity index is 835. The molecule has 0 aliphatic heterocycles. The fourth-order valence-corrected chi connectivity index (χ4v) is 3.27. The van der Waals surface area contributed by atoms with E-state index in [1.165, 1.54) is 16.9 Å². The summed E-state index contributed by atoms with van der Waals surface area (Å²) in [7, 11) is 0. The highest BCUT2D eigenvalue weighted by atomic mass is 35.5. The van der Waals surface area contributed by atoms with Gasteiger partial charge < -0.3 is 10.6 Å². The molecule has 0 spiro atoms. The Labute approximate surface area is 155 Å². The van der Waals surface area contributed by atoms with Crippen LogP contribution >= 0.6 is 22.9 Å². The lowest BCUT2D eigenvalue weighted by Gasteiger charge is -2.04. The van der Waals surface area contributed by atoms with E-state index in [4.69, 9.17) is 11.6 Å². The second-order valence-corrected chi connectivity index (χ2v) is 6.84. The Morgan fingerprint density at radius 3 is 2.76 bits per heavy atom. The molecule has 3 aromatic rings. The van der Waals surface area contributed by atoms with E-state index in [9.17, 15) is 4.79 Å². The largest absolute Gasteiger partial charge is 0.355 e. The third-order valence-electron chi connectivity index (χ3n) is 3.55. The Morgan fingerprint density at radius 1 is 1.12 bits per heavy atom. The van der Waals surface area contributed by atoms with E-state index in [0.717, 1.165) is 22.9 Å². The molecule has 0 saturated heterocycles. The topological polar surface area (TPSA) is 54.0 Å². The Hall–Kier alpha value is -2.37. The molecule has 1 heterocycles. The van der Waals surface area contributed by atoms with Gasteiger partial charge in [0.1, 0.15) is 0 Å². The lowest BCUT2D eigenvalue weighted by Crippen LogP contribution is -2.27. The van der Waals surface area contributed by atoms with Crippen LogP contribution < -0.4 is 10.6 Å². The van der Waals surface area contributed by atoms with E-state index in [1.807, 2.05) is 47.8 Å². The first-order chi connectivity index (χ1) is 12.2. The second-order valence-electron chi connectivity index (χ2n) is 5.54. The molecule has 3 rings (SSSR count). The standard InChI is InChI=1S/C19H18ClN3OS/c20-15-7-4-8-16(11-15)22-19-23-17(13-25-19)12-18(24)21-10-9-14-5-2-1-3-6-14/h1-8,11,13H,9-10,12H2,(H,21,24)(H,22,23). The van der Waals surface area contributed by atoms with Crippen molar-refractivity contribution in [3.05, 3.63) is 76.3 Å². The number of carbonyl (C=O) groups is 1. The van der Waals surface area contributed by atoms with Gasteiger partial charge >= 0.3 is 0 Å². The van der Waals surface area contributed by atoms with Crippen molar-refractivity contribution in [1.29, 1.82) is 0 Å². The number of amides is 1. The summed E-state index contributed by atoms with van der Waals surface area (Å²) in [4.78, 5) is 16.5. The molecular weight excluding hydrogens is 354 g/mol. The van der Waals surface area contributed by atoms with Crippen molar-refractivity contribution < 1.29 is 4.79 Å². The van der Waals surface area contributed by atoms with Gasteiger partial charge in [-0.25, -0.2) is 4.98 Å². The minimum atomic E-state index is -0.0180. The lowest BCUT2D eigenvalue weighted by atomic mass is 10.1. The summed E-state index contributed by atoms with van der Waals surface area (Å²) in [5, 5.41) is 9.43. The first-order valence-corrected chi connectivity index (χ1v) is 9.22. The van der Waals surface area contributed by atoms with Gasteiger partial charge in [0.15, 0.2) is 5.13 Å². The molecule has 25 heavy (non-hydrogen) atoms. The SMILES string of the molecule is O=C(Cc1csc(Nc2cccc(Cl)c2)n1)NCCc1ccccc1. The first kappa shape index (κ1) is 17.5. The Kier molecular flexibility index (Phi) is 6.04. The lowest BCUT2D eigenvalue weighted by molar-refractivity contribution is -0.120. The van der Waals surface area contributed by atoms with Crippen LogP contribution in [0.25, 0.3) is 0 Å². The number of halogens is 1. The van der Waals surface area contributed by atoms with Crippen LogP contribution in [0.4, 0.5) is 10.8 Å². The average Bonchev–Trinajstić information content (AvgIpc) is 3.02. The van der Waals surface area contributed by atoms with Crippen LogP contribution in [0.3, 0.4) is 0 Å². The number of hydrogen-bond donors (Lipinski definition) is 2. The van der Waals surface area contributed by atoms with Crippen molar-refractivity contribution in [2.24, 2.45) is 0 Å². The maximum absolute atomic E-state index is 12.0.